The van der Waals surface area contributed by atoms with Crippen LogP contribution in [0.25, 0.3) is 0 Å². The SMILES string of the molecule is CCCCCCC(=O)C(=O)NC(CCO)C(=O)O. The quantitative estimate of drug-likeness (QED) is 0.391. The molecule has 1 atom stereocenters. The predicted molar refractivity (Wildman–Crippen MR) is 65.0 cm³/mol. The minimum atomic E-state index is -1.25. The molecule has 0 fully saturated rings. The van der Waals surface area contributed by atoms with Crippen LogP contribution in [0.4, 0.5) is 0 Å². The molecule has 0 rings (SSSR count). The normalized spacial score (nSPS) is 11.9. The number of amides is 1. The number of ketones is 1. The minimum Gasteiger partial charge on any atom is -0.480 e. The number of unbranched alkanes of at least 4 members (excludes halogenated alkanes) is 3. The van der Waals surface area contributed by atoms with E-state index in [9.17, 15) is 14.4 Å². The number of carbonyl (C=O) groups excluding carboxylic acids is 2. The van der Waals surface area contributed by atoms with Crippen LogP contribution in [0.3, 0.4) is 0 Å². The highest BCUT2D eigenvalue weighted by Crippen LogP contribution is 2.03. The Hall–Kier alpha value is -1.43. The summed E-state index contributed by atoms with van der Waals surface area (Å²) in [4.78, 5) is 33.5. The third-order valence-corrected chi connectivity index (χ3v) is 2.53. The number of carbonyl (C=O) groups is 3. The summed E-state index contributed by atoms with van der Waals surface area (Å²) < 4.78 is 0. The van der Waals surface area contributed by atoms with Crippen molar-refractivity contribution in [2.75, 3.05) is 6.61 Å². The van der Waals surface area contributed by atoms with Gasteiger partial charge in [0.1, 0.15) is 6.04 Å². The van der Waals surface area contributed by atoms with Crippen LogP contribution < -0.4 is 5.32 Å². The monoisotopic (exact) mass is 259 g/mol. The van der Waals surface area contributed by atoms with Crippen molar-refractivity contribution in [3.8, 4) is 0 Å². The Kier molecular flexibility index (Phi) is 8.82. The average molecular weight is 259 g/mol. The Balaban J connectivity index is 4.04. The molecule has 0 aromatic carbocycles. The Morgan fingerprint density at radius 3 is 2.33 bits per heavy atom. The molecule has 0 spiro atoms. The maximum Gasteiger partial charge on any atom is 0.326 e. The summed E-state index contributed by atoms with van der Waals surface area (Å²) in [6, 6.07) is -1.21. The molecule has 104 valence electrons. The fourth-order valence-electron chi connectivity index (χ4n) is 1.45. The first kappa shape index (κ1) is 16.6. The summed E-state index contributed by atoms with van der Waals surface area (Å²) in [7, 11) is 0. The number of aliphatic hydroxyl groups excluding tert-OH is 1. The van der Waals surface area contributed by atoms with Gasteiger partial charge in [-0.3, -0.25) is 9.59 Å². The van der Waals surface area contributed by atoms with E-state index >= 15 is 0 Å². The van der Waals surface area contributed by atoms with E-state index in [0.717, 1.165) is 19.3 Å². The van der Waals surface area contributed by atoms with Gasteiger partial charge in [-0.1, -0.05) is 26.2 Å². The molecule has 0 aliphatic rings. The number of carboxylic acids is 1. The standard InChI is InChI=1S/C12H21NO5/c1-2-3-4-5-6-10(15)11(16)13-9(7-8-14)12(17)18/h9,14H,2-8H2,1H3,(H,13,16)(H,17,18). The minimum absolute atomic E-state index is 0.107. The number of Topliss-reactive ketones (excluding diaryl/α,β-unsaturated/α-hetero) is 1. The van der Waals surface area contributed by atoms with E-state index in [2.05, 4.69) is 5.32 Å². The summed E-state index contributed by atoms with van der Waals surface area (Å²) in [5.74, 6) is -2.74. The van der Waals surface area contributed by atoms with Crippen LogP contribution in [0.5, 0.6) is 0 Å². The molecule has 0 aliphatic heterocycles. The van der Waals surface area contributed by atoms with E-state index in [1.165, 1.54) is 0 Å². The molecule has 0 radical (unpaired) electrons. The van der Waals surface area contributed by atoms with Crippen molar-refractivity contribution >= 4 is 17.7 Å². The van der Waals surface area contributed by atoms with Crippen molar-refractivity contribution in [1.29, 1.82) is 0 Å². The van der Waals surface area contributed by atoms with E-state index in [-0.39, 0.29) is 19.4 Å². The average Bonchev–Trinajstić information content (AvgIpc) is 2.33. The Bertz CT molecular complexity index is 290. The first-order valence-corrected chi connectivity index (χ1v) is 6.20. The van der Waals surface area contributed by atoms with Gasteiger partial charge in [-0.2, -0.15) is 0 Å². The molecule has 0 saturated heterocycles. The van der Waals surface area contributed by atoms with Crippen LogP contribution >= 0.6 is 0 Å². The van der Waals surface area contributed by atoms with Crippen LogP contribution in [-0.4, -0.2) is 40.5 Å². The van der Waals surface area contributed by atoms with Crippen molar-refractivity contribution in [3.63, 3.8) is 0 Å². The summed E-state index contributed by atoms with van der Waals surface area (Å²) >= 11 is 0. The second-order valence-corrected chi connectivity index (χ2v) is 4.11. The molecule has 6 heteroatoms. The second kappa shape index (κ2) is 9.58. The molecule has 0 aromatic rings. The highest BCUT2D eigenvalue weighted by atomic mass is 16.4. The molecule has 1 amide bonds. The van der Waals surface area contributed by atoms with Crippen molar-refractivity contribution < 1.29 is 24.6 Å². The lowest BCUT2D eigenvalue weighted by Crippen LogP contribution is -2.44. The fourth-order valence-corrected chi connectivity index (χ4v) is 1.45. The number of aliphatic carboxylic acids is 1. The van der Waals surface area contributed by atoms with Gasteiger partial charge in [0.2, 0.25) is 5.78 Å². The smallest absolute Gasteiger partial charge is 0.326 e. The van der Waals surface area contributed by atoms with E-state index in [4.69, 9.17) is 10.2 Å². The number of rotatable bonds is 10. The zero-order valence-electron chi connectivity index (χ0n) is 10.6. The molecular weight excluding hydrogens is 238 g/mol. The van der Waals surface area contributed by atoms with Gasteiger partial charge in [-0.25, -0.2) is 4.79 Å². The summed E-state index contributed by atoms with van der Waals surface area (Å²) in [6.45, 7) is 1.68. The highest BCUT2D eigenvalue weighted by molar-refractivity contribution is 6.36. The number of hydrogen-bond acceptors (Lipinski definition) is 4. The predicted octanol–water partition coefficient (Wildman–Crippen LogP) is 0.478. The zero-order chi connectivity index (χ0) is 14.0. The number of nitrogens with one attached hydrogen (secondary N) is 1. The van der Waals surface area contributed by atoms with Gasteiger partial charge in [-0.05, 0) is 6.42 Å². The van der Waals surface area contributed by atoms with Gasteiger partial charge in [0.15, 0.2) is 0 Å². The number of hydrogen-bond donors (Lipinski definition) is 3. The van der Waals surface area contributed by atoms with E-state index in [0.29, 0.717) is 6.42 Å². The maximum atomic E-state index is 11.4. The molecule has 0 saturated carbocycles. The number of carboxylic acid groups (broad SMARTS) is 1. The van der Waals surface area contributed by atoms with Crippen molar-refractivity contribution in [2.24, 2.45) is 0 Å². The van der Waals surface area contributed by atoms with E-state index in [1.54, 1.807) is 0 Å². The molecule has 6 nitrogen and oxygen atoms in total. The molecule has 3 N–H and O–H groups in total. The van der Waals surface area contributed by atoms with Crippen LogP contribution in [0.1, 0.15) is 45.4 Å². The lowest BCUT2D eigenvalue weighted by Gasteiger charge is -2.12. The summed E-state index contributed by atoms with van der Waals surface area (Å²) in [5.41, 5.74) is 0. The van der Waals surface area contributed by atoms with Crippen LogP contribution in [0.2, 0.25) is 0 Å². The van der Waals surface area contributed by atoms with Gasteiger partial charge in [0.05, 0.1) is 0 Å². The first-order valence-electron chi connectivity index (χ1n) is 6.20. The highest BCUT2D eigenvalue weighted by Gasteiger charge is 2.22. The fraction of sp³-hybridized carbons (Fsp3) is 0.750. The Morgan fingerprint density at radius 2 is 1.83 bits per heavy atom. The lowest BCUT2D eigenvalue weighted by atomic mass is 10.1. The zero-order valence-corrected chi connectivity index (χ0v) is 10.6. The van der Waals surface area contributed by atoms with Gasteiger partial charge < -0.3 is 15.5 Å². The molecular formula is C12H21NO5. The Morgan fingerprint density at radius 1 is 1.17 bits per heavy atom. The second-order valence-electron chi connectivity index (χ2n) is 4.11. The molecule has 1 unspecified atom stereocenters. The van der Waals surface area contributed by atoms with E-state index < -0.39 is 23.7 Å². The molecule has 0 aromatic heterocycles. The molecule has 0 bridgehead atoms. The van der Waals surface area contributed by atoms with Gasteiger partial charge in [-0.15, -0.1) is 0 Å². The third-order valence-electron chi connectivity index (χ3n) is 2.53. The van der Waals surface area contributed by atoms with Gasteiger partial charge >= 0.3 is 5.97 Å². The van der Waals surface area contributed by atoms with Crippen LogP contribution in [-0.2, 0) is 14.4 Å². The molecule has 0 heterocycles. The largest absolute Gasteiger partial charge is 0.480 e. The van der Waals surface area contributed by atoms with Gasteiger partial charge in [0.25, 0.3) is 5.91 Å². The summed E-state index contributed by atoms with van der Waals surface area (Å²) in [5, 5.41) is 19.5. The Labute approximate surface area is 106 Å². The van der Waals surface area contributed by atoms with Crippen molar-refractivity contribution in [3.05, 3.63) is 0 Å². The third kappa shape index (κ3) is 7.01. The summed E-state index contributed by atoms with van der Waals surface area (Å²) in [6.07, 6.45) is 3.60. The molecule has 0 aliphatic carbocycles. The maximum absolute atomic E-state index is 11.4. The number of aliphatic hydroxyl groups is 1. The first-order chi connectivity index (χ1) is 8.52. The van der Waals surface area contributed by atoms with Crippen LogP contribution in [0, 0.1) is 0 Å². The van der Waals surface area contributed by atoms with Crippen molar-refractivity contribution in [2.45, 2.75) is 51.5 Å². The van der Waals surface area contributed by atoms with Crippen molar-refractivity contribution in [1.82, 2.24) is 5.32 Å². The topological polar surface area (TPSA) is 104 Å². The lowest BCUT2D eigenvalue weighted by molar-refractivity contribution is -0.144. The van der Waals surface area contributed by atoms with Crippen LogP contribution in [0.15, 0.2) is 0 Å². The van der Waals surface area contributed by atoms with E-state index in [1.807, 2.05) is 6.92 Å². The van der Waals surface area contributed by atoms with Gasteiger partial charge in [0, 0.05) is 19.4 Å². The molecule has 18 heavy (non-hydrogen) atoms.